The van der Waals surface area contributed by atoms with Crippen LogP contribution in [-0.4, -0.2) is 23.9 Å². The van der Waals surface area contributed by atoms with Crippen LogP contribution in [0.4, 0.5) is 0 Å². The number of ether oxygens (including phenoxy) is 2. The fourth-order valence-electron chi connectivity index (χ4n) is 3.52. The maximum absolute atomic E-state index is 9.81. The predicted octanol–water partition coefficient (Wildman–Crippen LogP) is 2.91. The standard InChI is InChI=1S/C17H24O3/c1-9-6-12-11(3)15-13(7-10(2)19-15)14(16(12)20-9)17(4,5)8-18/h9-10,18H,6-8H2,1-5H3. The molecule has 0 fully saturated rings. The van der Waals surface area contributed by atoms with Gasteiger partial charge in [0.05, 0.1) is 6.61 Å². The minimum Gasteiger partial charge on any atom is -0.490 e. The number of benzene rings is 1. The fourth-order valence-corrected chi connectivity index (χ4v) is 3.52. The molecule has 2 unspecified atom stereocenters. The Morgan fingerprint density at radius 2 is 1.60 bits per heavy atom. The van der Waals surface area contributed by atoms with Crippen LogP contribution < -0.4 is 9.47 Å². The normalized spacial score (nSPS) is 24.1. The highest BCUT2D eigenvalue weighted by molar-refractivity contribution is 5.64. The molecule has 1 aromatic carbocycles. The lowest BCUT2D eigenvalue weighted by atomic mass is 9.78. The van der Waals surface area contributed by atoms with E-state index in [1.54, 1.807) is 0 Å². The highest BCUT2D eigenvalue weighted by Crippen LogP contribution is 2.50. The van der Waals surface area contributed by atoms with Crippen LogP contribution in [-0.2, 0) is 18.3 Å². The van der Waals surface area contributed by atoms with E-state index in [4.69, 9.17) is 9.47 Å². The van der Waals surface area contributed by atoms with Gasteiger partial charge in [0.25, 0.3) is 0 Å². The molecule has 2 aliphatic rings. The van der Waals surface area contributed by atoms with Crippen LogP contribution in [0.5, 0.6) is 11.5 Å². The zero-order valence-electron chi connectivity index (χ0n) is 13.0. The lowest BCUT2D eigenvalue weighted by Gasteiger charge is -2.28. The quantitative estimate of drug-likeness (QED) is 0.902. The molecule has 110 valence electrons. The Kier molecular flexibility index (Phi) is 3.02. The van der Waals surface area contributed by atoms with Crippen LogP contribution in [0, 0.1) is 6.92 Å². The van der Waals surface area contributed by atoms with E-state index in [-0.39, 0.29) is 24.2 Å². The van der Waals surface area contributed by atoms with E-state index >= 15 is 0 Å². The summed E-state index contributed by atoms with van der Waals surface area (Å²) in [5.74, 6) is 2.04. The van der Waals surface area contributed by atoms with E-state index in [2.05, 4.69) is 34.6 Å². The van der Waals surface area contributed by atoms with E-state index < -0.39 is 0 Å². The molecule has 1 aromatic rings. The largest absolute Gasteiger partial charge is 0.490 e. The Labute approximate surface area is 120 Å². The molecule has 3 heteroatoms. The van der Waals surface area contributed by atoms with Crippen LogP contribution >= 0.6 is 0 Å². The molecule has 1 N–H and O–H groups in total. The molecule has 3 nitrogen and oxygen atoms in total. The van der Waals surface area contributed by atoms with E-state index in [1.807, 2.05) is 0 Å². The monoisotopic (exact) mass is 276 g/mol. The van der Waals surface area contributed by atoms with Gasteiger partial charge in [-0.15, -0.1) is 0 Å². The van der Waals surface area contributed by atoms with Crippen LogP contribution in [0.3, 0.4) is 0 Å². The molecule has 0 bridgehead atoms. The predicted molar refractivity (Wildman–Crippen MR) is 78.9 cm³/mol. The van der Waals surface area contributed by atoms with Crippen LogP contribution in [0.25, 0.3) is 0 Å². The number of aliphatic hydroxyl groups is 1. The molecule has 0 amide bonds. The molecule has 0 spiro atoms. The van der Waals surface area contributed by atoms with Crippen LogP contribution in [0.2, 0.25) is 0 Å². The second kappa shape index (κ2) is 4.39. The van der Waals surface area contributed by atoms with Crippen molar-refractivity contribution >= 4 is 0 Å². The van der Waals surface area contributed by atoms with Crippen molar-refractivity contribution in [2.45, 2.75) is 65.1 Å². The van der Waals surface area contributed by atoms with Gasteiger partial charge in [-0.25, -0.2) is 0 Å². The van der Waals surface area contributed by atoms with Gasteiger partial charge in [-0.05, 0) is 26.3 Å². The lowest BCUT2D eigenvalue weighted by molar-refractivity contribution is 0.206. The number of fused-ring (bicyclic) bond motifs is 2. The van der Waals surface area contributed by atoms with Gasteiger partial charge in [0.2, 0.25) is 0 Å². The van der Waals surface area contributed by atoms with Gasteiger partial charge in [-0.3, -0.25) is 0 Å². The van der Waals surface area contributed by atoms with Gasteiger partial charge in [0, 0.05) is 34.9 Å². The molecule has 0 saturated carbocycles. The van der Waals surface area contributed by atoms with Crippen molar-refractivity contribution in [3.63, 3.8) is 0 Å². The van der Waals surface area contributed by atoms with Gasteiger partial charge < -0.3 is 14.6 Å². The summed E-state index contributed by atoms with van der Waals surface area (Å²) in [4.78, 5) is 0. The topological polar surface area (TPSA) is 38.7 Å². The minimum atomic E-state index is -0.306. The molecule has 20 heavy (non-hydrogen) atoms. The molecular formula is C17H24O3. The molecule has 0 aliphatic carbocycles. The van der Waals surface area contributed by atoms with Crippen molar-refractivity contribution in [1.82, 2.24) is 0 Å². The molecular weight excluding hydrogens is 252 g/mol. The van der Waals surface area contributed by atoms with E-state index in [1.165, 1.54) is 16.7 Å². The Hall–Kier alpha value is -1.22. The van der Waals surface area contributed by atoms with Crippen molar-refractivity contribution in [3.8, 4) is 11.5 Å². The number of aliphatic hydroxyl groups excluding tert-OH is 1. The highest BCUT2D eigenvalue weighted by atomic mass is 16.5. The average molecular weight is 276 g/mol. The Morgan fingerprint density at radius 3 is 2.20 bits per heavy atom. The first kappa shape index (κ1) is 13.7. The van der Waals surface area contributed by atoms with Crippen molar-refractivity contribution in [2.24, 2.45) is 0 Å². The van der Waals surface area contributed by atoms with E-state index in [9.17, 15) is 5.11 Å². The number of hydrogen-bond donors (Lipinski definition) is 1. The summed E-state index contributed by atoms with van der Waals surface area (Å²) in [6.45, 7) is 10.6. The van der Waals surface area contributed by atoms with Crippen LogP contribution in [0.1, 0.15) is 49.9 Å². The second-order valence-corrected chi connectivity index (χ2v) is 6.92. The van der Waals surface area contributed by atoms with Gasteiger partial charge >= 0.3 is 0 Å². The Balaban J connectivity index is 2.29. The first-order valence-corrected chi connectivity index (χ1v) is 7.48. The lowest BCUT2D eigenvalue weighted by Crippen LogP contribution is -2.25. The Bertz CT molecular complexity index is 521. The maximum atomic E-state index is 9.81. The third kappa shape index (κ3) is 1.83. The molecule has 2 heterocycles. The summed E-state index contributed by atoms with van der Waals surface area (Å²) in [5, 5.41) is 9.81. The molecule has 2 atom stereocenters. The summed E-state index contributed by atoms with van der Waals surface area (Å²) in [6, 6.07) is 0. The molecule has 3 rings (SSSR count). The maximum Gasteiger partial charge on any atom is 0.127 e. The third-order valence-electron chi connectivity index (χ3n) is 4.56. The molecule has 0 radical (unpaired) electrons. The van der Waals surface area contributed by atoms with E-state index in [0.29, 0.717) is 0 Å². The molecule has 2 aliphatic heterocycles. The minimum absolute atomic E-state index is 0.112. The summed E-state index contributed by atoms with van der Waals surface area (Å²) < 4.78 is 12.1. The smallest absolute Gasteiger partial charge is 0.127 e. The van der Waals surface area contributed by atoms with Gasteiger partial charge in [-0.2, -0.15) is 0 Å². The number of hydrogen-bond acceptors (Lipinski definition) is 3. The SMILES string of the molecule is Cc1c2c(c(C(C)(C)CO)c3c1OC(C)C3)OC(C)C2. The zero-order chi connectivity index (χ0) is 14.7. The van der Waals surface area contributed by atoms with E-state index in [0.717, 1.165) is 29.9 Å². The summed E-state index contributed by atoms with van der Waals surface area (Å²) >= 11 is 0. The van der Waals surface area contributed by atoms with Crippen molar-refractivity contribution < 1.29 is 14.6 Å². The second-order valence-electron chi connectivity index (χ2n) is 6.92. The molecule has 0 aromatic heterocycles. The summed E-state index contributed by atoms with van der Waals surface area (Å²) in [6.07, 6.45) is 2.24. The van der Waals surface area contributed by atoms with Gasteiger partial charge in [0.1, 0.15) is 23.7 Å². The van der Waals surface area contributed by atoms with Crippen molar-refractivity contribution in [1.29, 1.82) is 0 Å². The zero-order valence-corrected chi connectivity index (χ0v) is 13.0. The van der Waals surface area contributed by atoms with Crippen LogP contribution in [0.15, 0.2) is 0 Å². The van der Waals surface area contributed by atoms with Crippen molar-refractivity contribution in [3.05, 3.63) is 22.3 Å². The first-order valence-electron chi connectivity index (χ1n) is 7.48. The summed E-state index contributed by atoms with van der Waals surface area (Å²) in [5.41, 5.74) is 4.58. The van der Waals surface area contributed by atoms with Gasteiger partial charge in [-0.1, -0.05) is 13.8 Å². The third-order valence-corrected chi connectivity index (χ3v) is 4.56. The molecule has 0 saturated heterocycles. The Morgan fingerprint density at radius 1 is 1.05 bits per heavy atom. The highest BCUT2D eigenvalue weighted by Gasteiger charge is 2.39. The van der Waals surface area contributed by atoms with Gasteiger partial charge in [0.15, 0.2) is 0 Å². The first-order chi connectivity index (χ1) is 9.35. The number of rotatable bonds is 2. The average Bonchev–Trinajstić information content (AvgIpc) is 2.92. The summed E-state index contributed by atoms with van der Waals surface area (Å²) in [7, 11) is 0. The fraction of sp³-hybridized carbons (Fsp3) is 0.647. The van der Waals surface area contributed by atoms with Crippen molar-refractivity contribution in [2.75, 3.05) is 6.61 Å².